The number of nitro benzene ring substituents is 1. The van der Waals surface area contributed by atoms with Crippen LogP contribution >= 0.6 is 0 Å². The molecule has 13 heteroatoms. The highest BCUT2D eigenvalue weighted by atomic mass is 32.2. The van der Waals surface area contributed by atoms with Crippen LogP contribution in [0.25, 0.3) is 10.8 Å². The molecule has 0 spiro atoms. The topological polar surface area (TPSA) is 184 Å². The molecule has 0 radical (unpaired) electrons. The van der Waals surface area contributed by atoms with Gasteiger partial charge in [0.25, 0.3) is 25.9 Å². The van der Waals surface area contributed by atoms with Gasteiger partial charge in [-0.3, -0.25) is 19.2 Å². The normalized spacial score (nSPS) is 12.1. The number of nitrogens with one attached hydrogen (secondary N) is 1. The van der Waals surface area contributed by atoms with Gasteiger partial charge in [0.05, 0.1) is 9.82 Å². The Morgan fingerprint density at radius 2 is 1.48 bits per heavy atom. The van der Waals surface area contributed by atoms with Gasteiger partial charge in [-0.15, -0.1) is 0 Å². The smallest absolute Gasteiger partial charge is 0.294 e. The van der Waals surface area contributed by atoms with Crippen LogP contribution in [0.3, 0.4) is 0 Å². The summed E-state index contributed by atoms with van der Waals surface area (Å²) >= 11 is 0. The number of nitrogens with zero attached hydrogens (tertiary/aromatic N) is 1. The molecule has 0 aliphatic heterocycles. The fraction of sp³-hybridized carbons (Fsp3) is 0. The summed E-state index contributed by atoms with van der Waals surface area (Å²) < 4.78 is 63.6. The molecule has 0 heterocycles. The van der Waals surface area contributed by atoms with Crippen molar-refractivity contribution in [2.75, 3.05) is 5.32 Å². The van der Waals surface area contributed by atoms with E-state index in [1.807, 2.05) is 0 Å². The lowest BCUT2D eigenvalue weighted by atomic mass is 10.1. The molecule has 0 aliphatic rings. The van der Waals surface area contributed by atoms with E-state index in [1.54, 1.807) is 0 Å². The third-order valence-corrected chi connectivity index (χ3v) is 5.66. The lowest BCUT2D eigenvalue weighted by Gasteiger charge is -2.12. The molecule has 3 aromatic carbocycles. The fourth-order valence-electron chi connectivity index (χ4n) is 2.67. The molecule has 11 nitrogen and oxygen atoms in total. The number of anilines is 2. The fourth-order valence-corrected chi connectivity index (χ4v) is 3.70. The first kappa shape index (κ1) is 20.5. The van der Waals surface area contributed by atoms with Crippen LogP contribution < -0.4 is 5.32 Å². The second kappa shape index (κ2) is 6.97. The zero-order chi connectivity index (χ0) is 21.6. The van der Waals surface area contributed by atoms with Crippen molar-refractivity contribution in [3.8, 4) is 5.75 Å². The molecule has 0 atom stereocenters. The minimum Gasteiger partial charge on any atom is -0.507 e. The molecule has 4 N–H and O–H groups in total. The number of hydrogen-bond donors (Lipinski definition) is 4. The highest BCUT2D eigenvalue weighted by Gasteiger charge is 2.21. The van der Waals surface area contributed by atoms with E-state index in [2.05, 4.69) is 5.32 Å². The van der Waals surface area contributed by atoms with E-state index in [-0.39, 0.29) is 22.1 Å². The molecule has 152 valence electrons. The Hall–Kier alpha value is -3.26. The Balaban J connectivity index is 2.21. The van der Waals surface area contributed by atoms with Gasteiger partial charge >= 0.3 is 0 Å². The van der Waals surface area contributed by atoms with Crippen molar-refractivity contribution < 1.29 is 36.0 Å². The molecule has 0 unspecified atom stereocenters. The van der Waals surface area contributed by atoms with Crippen molar-refractivity contribution in [2.45, 2.75) is 9.79 Å². The van der Waals surface area contributed by atoms with E-state index in [0.29, 0.717) is 6.07 Å². The van der Waals surface area contributed by atoms with Crippen LogP contribution in [0.4, 0.5) is 17.1 Å². The number of nitro groups is 1. The summed E-state index contributed by atoms with van der Waals surface area (Å²) in [6, 6.07) is 8.93. The van der Waals surface area contributed by atoms with E-state index in [4.69, 9.17) is 4.55 Å². The first-order chi connectivity index (χ1) is 13.4. The number of fused-ring (bicyclic) bond motifs is 1. The second-order valence-corrected chi connectivity index (χ2v) is 8.70. The van der Waals surface area contributed by atoms with Gasteiger partial charge in [-0.2, -0.15) is 16.8 Å². The Morgan fingerprint density at radius 1 is 0.828 bits per heavy atom. The van der Waals surface area contributed by atoms with Crippen LogP contribution in [0, 0.1) is 10.1 Å². The van der Waals surface area contributed by atoms with Gasteiger partial charge < -0.3 is 10.4 Å². The van der Waals surface area contributed by atoms with Gasteiger partial charge in [-0.05, 0) is 24.3 Å². The zero-order valence-corrected chi connectivity index (χ0v) is 15.8. The maximum atomic E-state index is 11.4. The molecule has 3 aromatic rings. The van der Waals surface area contributed by atoms with Gasteiger partial charge in [-0.25, -0.2) is 0 Å². The molecule has 0 fully saturated rings. The molecular formula is C16H12N2O9S2. The molecule has 0 aromatic heterocycles. The van der Waals surface area contributed by atoms with Gasteiger partial charge in [-0.1, -0.05) is 12.1 Å². The molecule has 3 rings (SSSR count). The number of aromatic hydroxyl groups is 1. The summed E-state index contributed by atoms with van der Waals surface area (Å²) in [6.07, 6.45) is 0. The zero-order valence-electron chi connectivity index (χ0n) is 14.2. The predicted octanol–water partition coefficient (Wildman–Crippen LogP) is 2.69. The van der Waals surface area contributed by atoms with Crippen LogP contribution in [0.2, 0.25) is 0 Å². The average Bonchev–Trinajstić information content (AvgIpc) is 2.60. The van der Waals surface area contributed by atoms with E-state index >= 15 is 0 Å². The minimum atomic E-state index is -4.67. The van der Waals surface area contributed by atoms with Crippen LogP contribution in [0.1, 0.15) is 0 Å². The highest BCUT2D eigenvalue weighted by Crippen LogP contribution is 2.37. The molecule has 0 saturated carbocycles. The Morgan fingerprint density at radius 3 is 2.07 bits per heavy atom. The Bertz CT molecular complexity index is 1370. The van der Waals surface area contributed by atoms with Crippen LogP contribution in [0.15, 0.2) is 58.3 Å². The van der Waals surface area contributed by atoms with Crippen molar-refractivity contribution in [3.63, 3.8) is 0 Å². The summed E-state index contributed by atoms with van der Waals surface area (Å²) in [5, 5.41) is 24.4. The largest absolute Gasteiger partial charge is 0.507 e. The van der Waals surface area contributed by atoms with Crippen molar-refractivity contribution in [1.82, 2.24) is 0 Å². The maximum Gasteiger partial charge on any atom is 0.294 e. The summed E-state index contributed by atoms with van der Waals surface area (Å²) in [6.45, 7) is 0. The maximum absolute atomic E-state index is 11.4. The second-order valence-electron chi connectivity index (χ2n) is 5.85. The van der Waals surface area contributed by atoms with Gasteiger partial charge in [0.2, 0.25) is 0 Å². The predicted molar refractivity (Wildman–Crippen MR) is 102 cm³/mol. The Labute approximate surface area is 163 Å². The summed E-state index contributed by atoms with van der Waals surface area (Å²) in [7, 11) is -9.31. The third-order valence-electron chi connectivity index (χ3n) is 3.98. The first-order valence-electron chi connectivity index (χ1n) is 7.64. The number of rotatable bonds is 5. The standard InChI is InChI=1S/C16H12N2O9S2/c19-16-8-10(29(25,26)27)6-12-11(16)2-1-3-13(12)17-14-5-4-9(28(22,23)24)7-15(14)18(20)21/h1-8,17,19H,(H,22,23,24)(H,25,26,27). The highest BCUT2D eigenvalue weighted by molar-refractivity contribution is 7.86. The van der Waals surface area contributed by atoms with Gasteiger partial charge in [0.1, 0.15) is 16.3 Å². The Kier molecular flexibility index (Phi) is 4.92. The van der Waals surface area contributed by atoms with Crippen molar-refractivity contribution in [2.24, 2.45) is 0 Å². The van der Waals surface area contributed by atoms with Crippen molar-refractivity contribution in [1.29, 1.82) is 0 Å². The minimum absolute atomic E-state index is 0.119. The quantitative estimate of drug-likeness (QED) is 0.261. The summed E-state index contributed by atoms with van der Waals surface area (Å²) in [4.78, 5) is 9.19. The van der Waals surface area contributed by atoms with E-state index in [9.17, 15) is 36.6 Å². The molecule has 0 amide bonds. The van der Waals surface area contributed by atoms with Gasteiger partial charge in [0.15, 0.2) is 0 Å². The van der Waals surface area contributed by atoms with Crippen LogP contribution in [0.5, 0.6) is 5.75 Å². The van der Waals surface area contributed by atoms with Gasteiger partial charge in [0, 0.05) is 28.6 Å². The van der Waals surface area contributed by atoms with E-state index in [0.717, 1.165) is 24.3 Å². The monoisotopic (exact) mass is 440 g/mol. The SMILES string of the molecule is O=[N+]([O-])c1cc(S(=O)(=O)O)ccc1Nc1cccc2c(O)cc(S(=O)(=O)O)cc12. The van der Waals surface area contributed by atoms with Crippen LogP contribution in [-0.4, -0.2) is 36.0 Å². The summed E-state index contributed by atoms with van der Waals surface area (Å²) in [5.74, 6) is -0.449. The summed E-state index contributed by atoms with van der Waals surface area (Å²) in [5.41, 5.74) is -0.704. The molecule has 0 bridgehead atoms. The lowest BCUT2D eigenvalue weighted by molar-refractivity contribution is -0.384. The average molecular weight is 440 g/mol. The van der Waals surface area contributed by atoms with Crippen molar-refractivity contribution >= 4 is 48.1 Å². The van der Waals surface area contributed by atoms with E-state index in [1.165, 1.54) is 18.2 Å². The molecular weight excluding hydrogens is 428 g/mol. The first-order valence-corrected chi connectivity index (χ1v) is 10.5. The lowest BCUT2D eigenvalue weighted by Crippen LogP contribution is -2.03. The third kappa shape index (κ3) is 4.12. The van der Waals surface area contributed by atoms with E-state index < -0.39 is 46.4 Å². The number of hydrogen-bond acceptors (Lipinski definition) is 8. The molecule has 0 aliphatic carbocycles. The number of phenolic OH excluding ortho intramolecular Hbond substituents is 1. The van der Waals surface area contributed by atoms with Crippen molar-refractivity contribution in [3.05, 3.63) is 58.6 Å². The molecule has 29 heavy (non-hydrogen) atoms. The molecule has 0 saturated heterocycles. The number of phenols is 1. The number of benzene rings is 3. The van der Waals surface area contributed by atoms with Crippen LogP contribution in [-0.2, 0) is 20.2 Å².